The quantitative estimate of drug-likeness (QED) is 0.902. The molecule has 2 aromatic rings. The van der Waals surface area contributed by atoms with Gasteiger partial charge in [0.2, 0.25) is 0 Å². The molecule has 0 radical (unpaired) electrons. The van der Waals surface area contributed by atoms with Gasteiger partial charge in [-0.15, -0.1) is 21.5 Å². The smallest absolute Gasteiger partial charge is 0.176 e. The summed E-state index contributed by atoms with van der Waals surface area (Å²) in [6, 6.07) is 1.91. The molecular weight excluding hydrogens is 358 g/mol. The van der Waals surface area contributed by atoms with E-state index < -0.39 is 0 Å². The van der Waals surface area contributed by atoms with Gasteiger partial charge in [0.05, 0.1) is 10.8 Å². The minimum atomic E-state index is -0.100. The minimum absolute atomic E-state index is 0.100. The van der Waals surface area contributed by atoms with Gasteiger partial charge >= 0.3 is 0 Å². The van der Waals surface area contributed by atoms with E-state index >= 15 is 0 Å². The van der Waals surface area contributed by atoms with Crippen LogP contribution in [0.25, 0.3) is 0 Å². The van der Waals surface area contributed by atoms with Crippen molar-refractivity contribution >= 4 is 43.2 Å². The number of aryl methyl sites for hydroxylation is 1. The monoisotopic (exact) mass is 365 g/mol. The average molecular weight is 367 g/mol. The van der Waals surface area contributed by atoms with E-state index in [1.54, 1.807) is 18.4 Å². The van der Waals surface area contributed by atoms with Gasteiger partial charge in [-0.05, 0) is 43.1 Å². The number of nitrogens with zero attached hydrogens (tertiary/aromatic N) is 4. The molecule has 0 fully saturated rings. The second kappa shape index (κ2) is 4.91. The van der Waals surface area contributed by atoms with Crippen molar-refractivity contribution in [3.63, 3.8) is 0 Å². The largest absolute Gasteiger partial charge is 0.323 e. The first-order valence-electron chi connectivity index (χ1n) is 4.49. The summed E-state index contributed by atoms with van der Waals surface area (Å²) < 4.78 is 2.07. The summed E-state index contributed by atoms with van der Waals surface area (Å²) in [7, 11) is 1.74. The molecule has 0 aliphatic rings. The maximum Gasteiger partial charge on any atom is 0.176 e. The molecule has 0 amide bonds. The maximum absolute atomic E-state index is 6.07. The Morgan fingerprint density at radius 3 is 2.81 bits per heavy atom. The number of halogens is 2. The Morgan fingerprint density at radius 1 is 1.56 bits per heavy atom. The molecule has 0 aliphatic carbocycles. The van der Waals surface area contributed by atoms with E-state index in [4.69, 9.17) is 5.73 Å². The van der Waals surface area contributed by atoms with Crippen LogP contribution >= 0.6 is 43.2 Å². The summed E-state index contributed by atoms with van der Waals surface area (Å²) in [6.07, 6.45) is 0.591. The number of nitrogens with two attached hydrogens (primary N) is 1. The molecule has 2 N–H and O–H groups in total. The van der Waals surface area contributed by atoms with Crippen molar-refractivity contribution in [3.8, 4) is 0 Å². The molecule has 8 heteroatoms. The van der Waals surface area contributed by atoms with Gasteiger partial charge in [-0.2, -0.15) is 4.80 Å². The SMILES string of the molecule is Cn1nnc(CC(N)c2cc(Br)c(Br)s2)n1. The van der Waals surface area contributed by atoms with Crippen LogP contribution in [0.3, 0.4) is 0 Å². The molecule has 0 bridgehead atoms. The first kappa shape index (κ1) is 12.2. The lowest BCUT2D eigenvalue weighted by molar-refractivity contribution is 0.623. The van der Waals surface area contributed by atoms with Gasteiger partial charge in [0.25, 0.3) is 0 Å². The molecule has 16 heavy (non-hydrogen) atoms. The number of thiophene rings is 1. The van der Waals surface area contributed by atoms with Crippen LogP contribution in [0.4, 0.5) is 0 Å². The predicted octanol–water partition coefficient (Wildman–Crippen LogP) is 2.04. The molecule has 0 aliphatic heterocycles. The first-order chi connectivity index (χ1) is 7.56. The molecule has 0 saturated carbocycles. The van der Waals surface area contributed by atoms with Gasteiger partial charge in [-0.1, -0.05) is 0 Å². The van der Waals surface area contributed by atoms with E-state index in [0.717, 1.165) is 13.1 Å². The highest BCUT2D eigenvalue weighted by Crippen LogP contribution is 2.35. The van der Waals surface area contributed by atoms with Crippen molar-refractivity contribution in [2.45, 2.75) is 12.5 Å². The Balaban J connectivity index is 2.11. The number of rotatable bonds is 3. The normalized spacial score (nSPS) is 13.0. The summed E-state index contributed by atoms with van der Waals surface area (Å²) in [4.78, 5) is 2.52. The summed E-state index contributed by atoms with van der Waals surface area (Å²) in [5, 5.41) is 11.8. The van der Waals surface area contributed by atoms with E-state index in [-0.39, 0.29) is 6.04 Å². The van der Waals surface area contributed by atoms with Crippen LogP contribution in [0, 0.1) is 0 Å². The predicted molar refractivity (Wildman–Crippen MR) is 69.1 cm³/mol. The first-order valence-corrected chi connectivity index (χ1v) is 6.89. The number of hydrogen-bond acceptors (Lipinski definition) is 5. The van der Waals surface area contributed by atoms with Crippen LogP contribution in [0.2, 0.25) is 0 Å². The van der Waals surface area contributed by atoms with Crippen LogP contribution in [0.1, 0.15) is 16.7 Å². The highest BCUT2D eigenvalue weighted by Gasteiger charge is 2.14. The molecular formula is C8H9Br2N5S. The van der Waals surface area contributed by atoms with E-state index in [9.17, 15) is 0 Å². The molecule has 0 spiro atoms. The van der Waals surface area contributed by atoms with Gasteiger partial charge in [0.1, 0.15) is 0 Å². The van der Waals surface area contributed by atoms with Crippen molar-refractivity contribution in [3.05, 3.63) is 25.0 Å². The molecule has 5 nitrogen and oxygen atoms in total. The lowest BCUT2D eigenvalue weighted by Crippen LogP contribution is -2.12. The molecule has 1 unspecified atom stereocenters. The van der Waals surface area contributed by atoms with E-state index in [1.165, 1.54) is 4.80 Å². The molecule has 1 atom stereocenters. The lowest BCUT2D eigenvalue weighted by Gasteiger charge is -2.04. The summed E-state index contributed by atoms with van der Waals surface area (Å²) in [5.41, 5.74) is 6.07. The Hall–Kier alpha value is -0.310. The molecule has 2 heterocycles. The zero-order chi connectivity index (χ0) is 11.7. The highest BCUT2D eigenvalue weighted by atomic mass is 79.9. The number of aromatic nitrogens is 4. The van der Waals surface area contributed by atoms with Crippen LogP contribution < -0.4 is 5.73 Å². The van der Waals surface area contributed by atoms with Crippen LogP contribution in [0.5, 0.6) is 0 Å². The van der Waals surface area contributed by atoms with Crippen molar-refractivity contribution in [2.24, 2.45) is 12.8 Å². The van der Waals surface area contributed by atoms with Crippen molar-refractivity contribution in [1.82, 2.24) is 20.2 Å². The zero-order valence-electron chi connectivity index (χ0n) is 8.39. The zero-order valence-corrected chi connectivity index (χ0v) is 12.4. The number of hydrogen-bond donors (Lipinski definition) is 1. The molecule has 0 aromatic carbocycles. The topological polar surface area (TPSA) is 69.6 Å². The number of tetrazole rings is 1. The van der Waals surface area contributed by atoms with E-state index in [0.29, 0.717) is 12.2 Å². The van der Waals surface area contributed by atoms with Gasteiger partial charge in [0, 0.05) is 21.8 Å². The van der Waals surface area contributed by atoms with Gasteiger partial charge in [0.15, 0.2) is 5.82 Å². The second-order valence-corrected chi connectivity index (χ2v) is 6.53. The third-order valence-electron chi connectivity index (χ3n) is 1.98. The van der Waals surface area contributed by atoms with Crippen LogP contribution in [0.15, 0.2) is 14.3 Å². The van der Waals surface area contributed by atoms with Crippen molar-refractivity contribution < 1.29 is 0 Å². The standard InChI is InChI=1S/C8H9Br2N5S/c1-15-13-7(12-14-15)3-5(11)6-2-4(9)8(10)16-6/h2,5H,3,11H2,1H3. The summed E-state index contributed by atoms with van der Waals surface area (Å²) >= 11 is 8.49. The van der Waals surface area contributed by atoms with Crippen molar-refractivity contribution in [1.29, 1.82) is 0 Å². The van der Waals surface area contributed by atoms with Gasteiger partial charge in [-0.3, -0.25) is 0 Å². The molecule has 86 valence electrons. The Morgan fingerprint density at radius 2 is 2.31 bits per heavy atom. The Labute approximate surface area is 113 Å². The second-order valence-electron chi connectivity index (χ2n) is 3.28. The summed E-state index contributed by atoms with van der Waals surface area (Å²) in [6.45, 7) is 0. The van der Waals surface area contributed by atoms with Gasteiger partial charge in [-0.25, -0.2) is 0 Å². The van der Waals surface area contributed by atoms with E-state index in [1.807, 2.05) is 6.07 Å². The highest BCUT2D eigenvalue weighted by molar-refractivity contribution is 9.13. The average Bonchev–Trinajstić information content (AvgIpc) is 2.75. The third-order valence-corrected chi connectivity index (χ3v) is 5.37. The minimum Gasteiger partial charge on any atom is -0.323 e. The fourth-order valence-electron chi connectivity index (χ4n) is 1.25. The fraction of sp³-hybridized carbons (Fsp3) is 0.375. The molecule has 2 rings (SSSR count). The van der Waals surface area contributed by atoms with E-state index in [2.05, 4.69) is 47.3 Å². The third kappa shape index (κ3) is 2.68. The van der Waals surface area contributed by atoms with Crippen LogP contribution in [-0.2, 0) is 13.5 Å². The van der Waals surface area contributed by atoms with Gasteiger partial charge < -0.3 is 5.73 Å². The maximum atomic E-state index is 6.07. The lowest BCUT2D eigenvalue weighted by atomic mass is 10.2. The van der Waals surface area contributed by atoms with Crippen molar-refractivity contribution in [2.75, 3.05) is 0 Å². The fourth-order valence-corrected chi connectivity index (χ4v) is 3.34. The molecule has 0 saturated heterocycles. The Kier molecular flexibility index (Phi) is 3.73. The van der Waals surface area contributed by atoms with Crippen LogP contribution in [-0.4, -0.2) is 20.2 Å². The Bertz CT molecular complexity index is 475. The summed E-state index contributed by atoms with van der Waals surface area (Å²) in [5.74, 6) is 0.663. The molecule has 2 aromatic heterocycles.